The molecule has 24 heavy (non-hydrogen) atoms. The smallest absolute Gasteiger partial charge is 0.244 e. The molecule has 0 saturated carbocycles. The van der Waals surface area contributed by atoms with Crippen molar-refractivity contribution in [2.24, 2.45) is 0 Å². The van der Waals surface area contributed by atoms with Gasteiger partial charge in [-0.05, 0) is 29.8 Å². The first-order chi connectivity index (χ1) is 11.6. The van der Waals surface area contributed by atoms with Gasteiger partial charge in [-0.3, -0.25) is 4.79 Å². The van der Waals surface area contributed by atoms with E-state index in [1.54, 1.807) is 12.1 Å². The van der Waals surface area contributed by atoms with Gasteiger partial charge >= 0.3 is 0 Å². The summed E-state index contributed by atoms with van der Waals surface area (Å²) in [6.07, 6.45) is 0. The summed E-state index contributed by atoms with van der Waals surface area (Å²) in [6, 6.07) is 16.7. The number of carbonyl (C=O) groups is 1. The Balaban J connectivity index is 1.61. The average molecular weight is 342 g/mol. The lowest BCUT2D eigenvalue weighted by molar-refractivity contribution is -0.122. The van der Waals surface area contributed by atoms with Gasteiger partial charge in [0.25, 0.3) is 0 Å². The number of rotatable bonds is 5. The van der Waals surface area contributed by atoms with E-state index in [9.17, 15) is 4.79 Å². The predicted molar refractivity (Wildman–Crippen MR) is 91.3 cm³/mol. The van der Waals surface area contributed by atoms with Crippen LogP contribution < -0.4 is 5.32 Å². The molecule has 3 rings (SSSR count). The first-order valence-corrected chi connectivity index (χ1v) is 7.87. The van der Waals surface area contributed by atoms with Crippen molar-refractivity contribution < 1.29 is 4.79 Å². The van der Waals surface area contributed by atoms with E-state index in [0.717, 1.165) is 11.1 Å². The molecule has 0 radical (unpaired) electrons. The highest BCUT2D eigenvalue weighted by atomic mass is 35.5. The summed E-state index contributed by atoms with van der Waals surface area (Å²) in [4.78, 5) is 13.4. The summed E-state index contributed by atoms with van der Waals surface area (Å²) in [6.45, 7) is 1.92. The van der Waals surface area contributed by atoms with Gasteiger partial charge in [0.2, 0.25) is 11.7 Å². The van der Waals surface area contributed by atoms with E-state index in [2.05, 4.69) is 20.7 Å². The Morgan fingerprint density at radius 1 is 1.17 bits per heavy atom. The lowest BCUT2D eigenvalue weighted by Gasteiger charge is -2.14. The van der Waals surface area contributed by atoms with Gasteiger partial charge in [-0.15, -0.1) is 10.2 Å². The minimum absolute atomic E-state index is 0.0117. The average Bonchev–Trinajstić information content (AvgIpc) is 3.04. The molecule has 6 nitrogen and oxygen atoms in total. The summed E-state index contributed by atoms with van der Waals surface area (Å²) in [5.74, 6) is 0.309. The second-order valence-corrected chi connectivity index (χ2v) is 5.79. The lowest BCUT2D eigenvalue weighted by Crippen LogP contribution is -2.30. The van der Waals surface area contributed by atoms with Gasteiger partial charge in [0, 0.05) is 10.6 Å². The molecule has 0 unspecified atom stereocenters. The third kappa shape index (κ3) is 3.97. The molecule has 0 aliphatic carbocycles. The molecule has 2 aromatic carbocycles. The molecule has 7 heteroatoms. The minimum Gasteiger partial charge on any atom is -0.348 e. The Labute approximate surface area is 144 Å². The zero-order valence-electron chi connectivity index (χ0n) is 13.1. The number of aromatic nitrogens is 4. The molecule has 122 valence electrons. The van der Waals surface area contributed by atoms with Crippen LogP contribution in [-0.4, -0.2) is 26.1 Å². The van der Waals surface area contributed by atoms with Crippen molar-refractivity contribution in [3.63, 3.8) is 0 Å². The number of carbonyl (C=O) groups excluding carboxylic acids is 1. The van der Waals surface area contributed by atoms with E-state index in [-0.39, 0.29) is 18.5 Å². The van der Waals surface area contributed by atoms with Gasteiger partial charge in [0.1, 0.15) is 6.54 Å². The van der Waals surface area contributed by atoms with Crippen molar-refractivity contribution in [3.8, 4) is 11.4 Å². The number of benzene rings is 2. The van der Waals surface area contributed by atoms with Crippen molar-refractivity contribution in [1.82, 2.24) is 25.5 Å². The van der Waals surface area contributed by atoms with Crippen LogP contribution in [0.4, 0.5) is 0 Å². The van der Waals surface area contributed by atoms with Crippen LogP contribution in [0.2, 0.25) is 5.02 Å². The van der Waals surface area contributed by atoms with Gasteiger partial charge < -0.3 is 5.32 Å². The monoisotopic (exact) mass is 341 g/mol. The Morgan fingerprint density at radius 3 is 2.58 bits per heavy atom. The molecular weight excluding hydrogens is 326 g/mol. The highest BCUT2D eigenvalue weighted by molar-refractivity contribution is 6.30. The SMILES string of the molecule is C[C@H](NC(=O)Cn1nnc(-c2ccccc2)n1)c1ccc(Cl)cc1. The minimum atomic E-state index is -0.186. The number of amides is 1. The van der Waals surface area contributed by atoms with E-state index in [1.165, 1.54) is 4.80 Å². The quantitative estimate of drug-likeness (QED) is 0.774. The van der Waals surface area contributed by atoms with Crippen LogP contribution in [0.1, 0.15) is 18.5 Å². The molecule has 0 bridgehead atoms. The van der Waals surface area contributed by atoms with Gasteiger partial charge in [-0.25, -0.2) is 0 Å². The van der Waals surface area contributed by atoms with Gasteiger partial charge in [-0.2, -0.15) is 4.80 Å². The molecule has 3 aromatic rings. The molecule has 0 saturated heterocycles. The second kappa shape index (κ2) is 7.23. The van der Waals surface area contributed by atoms with Crippen LogP contribution in [0.3, 0.4) is 0 Å². The number of hydrogen-bond donors (Lipinski definition) is 1. The Bertz CT molecular complexity index is 817. The van der Waals surface area contributed by atoms with Gasteiger partial charge in [0.15, 0.2) is 0 Å². The van der Waals surface area contributed by atoms with Crippen LogP contribution in [0.25, 0.3) is 11.4 Å². The van der Waals surface area contributed by atoms with Crippen molar-refractivity contribution in [3.05, 3.63) is 65.2 Å². The summed E-state index contributed by atoms with van der Waals surface area (Å²) in [7, 11) is 0. The van der Waals surface area contributed by atoms with Crippen LogP contribution in [-0.2, 0) is 11.3 Å². The predicted octanol–water partition coefficient (Wildman–Crippen LogP) is 2.87. The molecule has 1 aromatic heterocycles. The molecule has 1 heterocycles. The van der Waals surface area contributed by atoms with Crippen molar-refractivity contribution in [2.45, 2.75) is 19.5 Å². The normalized spacial score (nSPS) is 11.9. The van der Waals surface area contributed by atoms with E-state index in [1.807, 2.05) is 49.4 Å². The standard InChI is InChI=1S/C17H16ClN5O/c1-12(13-7-9-15(18)10-8-13)19-16(24)11-23-21-17(20-22-23)14-5-3-2-4-6-14/h2-10,12H,11H2,1H3,(H,19,24)/t12-/m0/s1. The van der Waals surface area contributed by atoms with Gasteiger partial charge in [-0.1, -0.05) is 54.1 Å². The van der Waals surface area contributed by atoms with Crippen molar-refractivity contribution in [1.29, 1.82) is 0 Å². The maximum Gasteiger partial charge on any atom is 0.244 e. The van der Waals surface area contributed by atoms with E-state index < -0.39 is 0 Å². The van der Waals surface area contributed by atoms with Crippen LogP contribution in [0.15, 0.2) is 54.6 Å². The van der Waals surface area contributed by atoms with Crippen molar-refractivity contribution >= 4 is 17.5 Å². The number of nitrogens with zero attached hydrogens (tertiary/aromatic N) is 4. The zero-order valence-corrected chi connectivity index (χ0v) is 13.8. The van der Waals surface area contributed by atoms with E-state index in [0.29, 0.717) is 10.8 Å². The summed E-state index contributed by atoms with van der Waals surface area (Å²) >= 11 is 5.87. The first-order valence-electron chi connectivity index (χ1n) is 7.50. The summed E-state index contributed by atoms with van der Waals surface area (Å²) in [5, 5.41) is 15.7. The fourth-order valence-electron chi connectivity index (χ4n) is 2.26. The number of nitrogens with one attached hydrogen (secondary N) is 1. The zero-order chi connectivity index (χ0) is 16.9. The highest BCUT2D eigenvalue weighted by Gasteiger charge is 2.12. The highest BCUT2D eigenvalue weighted by Crippen LogP contribution is 2.16. The lowest BCUT2D eigenvalue weighted by atomic mass is 10.1. The first kappa shape index (κ1) is 16.1. The Morgan fingerprint density at radius 2 is 1.88 bits per heavy atom. The topological polar surface area (TPSA) is 72.7 Å². The second-order valence-electron chi connectivity index (χ2n) is 5.35. The van der Waals surface area contributed by atoms with Crippen molar-refractivity contribution in [2.75, 3.05) is 0 Å². The third-order valence-electron chi connectivity index (χ3n) is 3.52. The Hall–Kier alpha value is -2.73. The molecule has 0 aliphatic rings. The fraction of sp³-hybridized carbons (Fsp3) is 0.176. The van der Waals surface area contributed by atoms with E-state index in [4.69, 9.17) is 11.6 Å². The third-order valence-corrected chi connectivity index (χ3v) is 3.77. The van der Waals surface area contributed by atoms with Crippen LogP contribution in [0.5, 0.6) is 0 Å². The molecule has 0 aliphatic heterocycles. The van der Waals surface area contributed by atoms with Crippen LogP contribution in [0, 0.1) is 0 Å². The largest absolute Gasteiger partial charge is 0.348 e. The number of hydrogen-bond acceptors (Lipinski definition) is 4. The molecule has 1 N–H and O–H groups in total. The summed E-state index contributed by atoms with van der Waals surface area (Å²) < 4.78 is 0. The number of halogens is 1. The number of tetrazole rings is 1. The Kier molecular flexibility index (Phi) is 4.86. The molecule has 1 atom stereocenters. The maximum absolute atomic E-state index is 12.1. The fourth-order valence-corrected chi connectivity index (χ4v) is 2.39. The maximum atomic E-state index is 12.1. The van der Waals surface area contributed by atoms with E-state index >= 15 is 0 Å². The van der Waals surface area contributed by atoms with Crippen LogP contribution >= 0.6 is 11.6 Å². The summed E-state index contributed by atoms with van der Waals surface area (Å²) in [5.41, 5.74) is 1.84. The molecule has 1 amide bonds. The molecule has 0 spiro atoms. The van der Waals surface area contributed by atoms with Gasteiger partial charge in [0.05, 0.1) is 6.04 Å². The molecular formula is C17H16ClN5O. The molecule has 0 fully saturated rings.